The fourth-order valence-electron chi connectivity index (χ4n) is 2.95. The fourth-order valence-corrected chi connectivity index (χ4v) is 3.34. The van der Waals surface area contributed by atoms with E-state index in [1.807, 2.05) is 24.3 Å². The van der Waals surface area contributed by atoms with Crippen molar-refractivity contribution < 1.29 is 4.52 Å². The molecule has 0 amide bonds. The molecule has 1 aliphatic rings. The normalized spacial score (nSPS) is 22.9. The highest BCUT2D eigenvalue weighted by molar-refractivity contribution is 9.10. The highest BCUT2D eigenvalue weighted by atomic mass is 79.9. The van der Waals surface area contributed by atoms with E-state index >= 15 is 0 Å². The fraction of sp³-hybridized carbons (Fsp3) is 0.467. The first-order chi connectivity index (χ1) is 9.78. The molecule has 0 spiro atoms. The van der Waals surface area contributed by atoms with Crippen LogP contribution >= 0.6 is 15.9 Å². The molecule has 2 N–H and O–H groups in total. The van der Waals surface area contributed by atoms with E-state index in [9.17, 15) is 0 Å². The molecule has 2 aromatic rings. The molecule has 5 heteroatoms. The monoisotopic (exact) mass is 335 g/mol. The molecule has 0 radical (unpaired) electrons. The molecule has 2 unspecified atom stereocenters. The molecule has 4 nitrogen and oxygen atoms in total. The summed E-state index contributed by atoms with van der Waals surface area (Å²) in [6.07, 6.45) is 4.73. The summed E-state index contributed by atoms with van der Waals surface area (Å²) in [7, 11) is 0. The first-order valence-corrected chi connectivity index (χ1v) is 7.87. The summed E-state index contributed by atoms with van der Waals surface area (Å²) in [5.41, 5.74) is 6.84. The van der Waals surface area contributed by atoms with Crippen molar-refractivity contribution in [2.24, 2.45) is 11.7 Å². The predicted molar refractivity (Wildman–Crippen MR) is 81.2 cm³/mol. The largest absolute Gasteiger partial charge is 0.339 e. The summed E-state index contributed by atoms with van der Waals surface area (Å²) in [6.45, 7) is 0.694. The Labute approximate surface area is 126 Å². The van der Waals surface area contributed by atoms with Crippen molar-refractivity contribution in [3.05, 3.63) is 34.6 Å². The highest BCUT2D eigenvalue weighted by Gasteiger charge is 2.30. The Morgan fingerprint density at radius 1 is 1.30 bits per heavy atom. The third kappa shape index (κ3) is 2.79. The third-order valence-electron chi connectivity index (χ3n) is 4.05. The average Bonchev–Trinajstić information content (AvgIpc) is 2.97. The molecule has 20 heavy (non-hydrogen) atoms. The van der Waals surface area contributed by atoms with Crippen LogP contribution in [-0.2, 0) is 0 Å². The Kier molecular flexibility index (Phi) is 4.17. The Bertz CT molecular complexity index is 584. The van der Waals surface area contributed by atoms with E-state index in [0.29, 0.717) is 24.2 Å². The Balaban J connectivity index is 1.86. The van der Waals surface area contributed by atoms with E-state index in [2.05, 4.69) is 26.1 Å². The number of rotatable bonds is 3. The summed E-state index contributed by atoms with van der Waals surface area (Å²) in [6, 6.07) is 7.94. The molecular formula is C15H18BrN3O. The summed E-state index contributed by atoms with van der Waals surface area (Å²) in [5.74, 6) is 2.19. The van der Waals surface area contributed by atoms with Gasteiger partial charge in [0, 0.05) is 16.0 Å². The predicted octanol–water partition coefficient (Wildman–Crippen LogP) is 3.73. The van der Waals surface area contributed by atoms with E-state index in [4.69, 9.17) is 10.3 Å². The van der Waals surface area contributed by atoms with Gasteiger partial charge in [0.05, 0.1) is 0 Å². The van der Waals surface area contributed by atoms with Crippen LogP contribution in [0.25, 0.3) is 11.4 Å². The minimum atomic E-state index is 0.321. The van der Waals surface area contributed by atoms with Gasteiger partial charge in [-0.3, -0.25) is 0 Å². The van der Waals surface area contributed by atoms with Gasteiger partial charge in [0.2, 0.25) is 11.7 Å². The number of benzene rings is 1. The molecule has 0 bridgehead atoms. The van der Waals surface area contributed by atoms with E-state index in [1.165, 1.54) is 12.8 Å². The zero-order valence-corrected chi connectivity index (χ0v) is 12.8. The van der Waals surface area contributed by atoms with Gasteiger partial charge < -0.3 is 10.3 Å². The van der Waals surface area contributed by atoms with Crippen molar-refractivity contribution in [1.29, 1.82) is 0 Å². The van der Waals surface area contributed by atoms with Crippen LogP contribution in [0.5, 0.6) is 0 Å². The van der Waals surface area contributed by atoms with Crippen LogP contribution < -0.4 is 5.73 Å². The molecule has 3 rings (SSSR count). The lowest BCUT2D eigenvalue weighted by molar-refractivity contribution is 0.249. The summed E-state index contributed by atoms with van der Waals surface area (Å²) in [5, 5.41) is 4.12. The molecule has 1 fully saturated rings. The van der Waals surface area contributed by atoms with Crippen LogP contribution in [-0.4, -0.2) is 16.7 Å². The minimum Gasteiger partial charge on any atom is -0.339 e. The number of halogens is 1. The maximum Gasteiger partial charge on any atom is 0.230 e. The molecule has 1 saturated carbocycles. The average molecular weight is 336 g/mol. The lowest BCUT2D eigenvalue weighted by Crippen LogP contribution is -2.25. The lowest BCUT2D eigenvalue weighted by Gasteiger charge is -2.27. The first kappa shape index (κ1) is 13.8. The van der Waals surface area contributed by atoms with Crippen LogP contribution in [0.1, 0.15) is 37.5 Å². The second kappa shape index (κ2) is 6.06. The van der Waals surface area contributed by atoms with Crippen molar-refractivity contribution in [3.63, 3.8) is 0 Å². The molecular weight excluding hydrogens is 318 g/mol. The molecule has 0 aliphatic heterocycles. The van der Waals surface area contributed by atoms with E-state index in [0.717, 1.165) is 28.8 Å². The van der Waals surface area contributed by atoms with E-state index < -0.39 is 0 Å². The first-order valence-electron chi connectivity index (χ1n) is 7.07. The van der Waals surface area contributed by atoms with Crippen LogP contribution in [0.4, 0.5) is 0 Å². The Hall–Kier alpha value is -1.20. The number of hydrogen-bond acceptors (Lipinski definition) is 4. The topological polar surface area (TPSA) is 64.9 Å². The van der Waals surface area contributed by atoms with Gasteiger partial charge in [0.15, 0.2) is 0 Å². The van der Waals surface area contributed by atoms with E-state index in [-0.39, 0.29) is 0 Å². The van der Waals surface area contributed by atoms with Gasteiger partial charge in [-0.1, -0.05) is 46.1 Å². The molecule has 1 aromatic carbocycles. The van der Waals surface area contributed by atoms with Crippen molar-refractivity contribution in [1.82, 2.24) is 10.1 Å². The van der Waals surface area contributed by atoms with Crippen molar-refractivity contribution >= 4 is 15.9 Å². The van der Waals surface area contributed by atoms with Crippen molar-refractivity contribution in [2.75, 3.05) is 6.54 Å². The highest BCUT2D eigenvalue weighted by Crippen LogP contribution is 2.37. The van der Waals surface area contributed by atoms with Gasteiger partial charge in [-0.15, -0.1) is 0 Å². The molecule has 1 aliphatic carbocycles. The second-order valence-corrected chi connectivity index (χ2v) is 6.27. The smallest absolute Gasteiger partial charge is 0.230 e. The summed E-state index contributed by atoms with van der Waals surface area (Å²) in [4.78, 5) is 4.59. The quantitative estimate of drug-likeness (QED) is 0.927. The van der Waals surface area contributed by atoms with Gasteiger partial charge in [-0.2, -0.15) is 4.98 Å². The SMILES string of the molecule is NCC1CCCCC1c1nc(-c2cccc(Br)c2)no1. The zero-order valence-electron chi connectivity index (χ0n) is 11.3. The van der Waals surface area contributed by atoms with Gasteiger partial charge in [-0.25, -0.2) is 0 Å². The zero-order chi connectivity index (χ0) is 13.9. The number of nitrogens with zero attached hydrogens (tertiary/aromatic N) is 2. The number of aromatic nitrogens is 2. The van der Waals surface area contributed by atoms with Gasteiger partial charge in [0.1, 0.15) is 0 Å². The Morgan fingerprint density at radius 3 is 2.95 bits per heavy atom. The Morgan fingerprint density at radius 2 is 2.15 bits per heavy atom. The maximum atomic E-state index is 5.87. The molecule has 2 atom stereocenters. The maximum absolute atomic E-state index is 5.87. The molecule has 1 heterocycles. The van der Waals surface area contributed by atoms with Crippen LogP contribution in [0.3, 0.4) is 0 Å². The molecule has 0 saturated heterocycles. The molecule has 1 aromatic heterocycles. The standard InChI is InChI=1S/C15H18BrN3O/c16-12-6-3-5-10(8-12)14-18-15(20-19-14)13-7-2-1-4-11(13)9-17/h3,5-6,8,11,13H,1-2,4,7,9,17H2. The third-order valence-corrected chi connectivity index (χ3v) is 4.55. The number of nitrogens with two attached hydrogens (primary N) is 1. The lowest BCUT2D eigenvalue weighted by atomic mass is 9.79. The van der Waals surface area contributed by atoms with Crippen molar-refractivity contribution in [2.45, 2.75) is 31.6 Å². The summed E-state index contributed by atoms with van der Waals surface area (Å²) >= 11 is 3.46. The van der Waals surface area contributed by atoms with Gasteiger partial charge >= 0.3 is 0 Å². The van der Waals surface area contributed by atoms with Crippen LogP contribution in [0, 0.1) is 5.92 Å². The van der Waals surface area contributed by atoms with Crippen LogP contribution in [0.2, 0.25) is 0 Å². The van der Waals surface area contributed by atoms with E-state index in [1.54, 1.807) is 0 Å². The molecule has 106 valence electrons. The minimum absolute atomic E-state index is 0.321. The second-order valence-electron chi connectivity index (χ2n) is 5.35. The van der Waals surface area contributed by atoms with Crippen molar-refractivity contribution in [3.8, 4) is 11.4 Å². The van der Waals surface area contributed by atoms with Gasteiger partial charge in [-0.05, 0) is 37.4 Å². The van der Waals surface area contributed by atoms with Crippen LogP contribution in [0.15, 0.2) is 33.3 Å². The van der Waals surface area contributed by atoms with Gasteiger partial charge in [0.25, 0.3) is 0 Å². The number of hydrogen-bond donors (Lipinski definition) is 1. The summed E-state index contributed by atoms with van der Waals surface area (Å²) < 4.78 is 6.51.